The summed E-state index contributed by atoms with van der Waals surface area (Å²) in [5.74, 6) is 0.0574. The van der Waals surface area contributed by atoms with Gasteiger partial charge in [0.2, 0.25) is 0 Å². The molecule has 0 unspecified atom stereocenters. The molecule has 0 aliphatic carbocycles. The maximum Gasteiger partial charge on any atom is 0.171 e. The first kappa shape index (κ1) is 25.7. The number of phenolic OH excluding ortho intramolecular Hbond substituents is 1. The number of hydrogen-bond acceptors (Lipinski definition) is 7. The molecule has 1 heterocycles. The summed E-state index contributed by atoms with van der Waals surface area (Å²) in [6.45, 7) is -1.11. The SMILES string of the molecule is COc1cc(/C=C(/CC[C@@H](O)C2=C(CO)CS(=O)(=O)[C@H]2CO)c2ccccc2)cc(I)c1O. The molecule has 3 rings (SSSR count). The number of methoxy groups -OCH3 is 1. The van der Waals surface area contributed by atoms with Gasteiger partial charge in [-0.3, -0.25) is 0 Å². The molecular weight excluding hydrogens is 559 g/mol. The maximum absolute atomic E-state index is 12.3. The molecule has 0 aromatic heterocycles. The lowest BCUT2D eigenvalue weighted by atomic mass is 9.92. The van der Waals surface area contributed by atoms with Crippen LogP contribution in [0.1, 0.15) is 24.0 Å². The van der Waals surface area contributed by atoms with Crippen molar-refractivity contribution in [3.63, 3.8) is 0 Å². The van der Waals surface area contributed by atoms with Gasteiger partial charge in [-0.1, -0.05) is 36.4 Å². The average Bonchev–Trinajstić information content (AvgIpc) is 3.08. The van der Waals surface area contributed by atoms with Crippen LogP contribution in [0.3, 0.4) is 0 Å². The minimum absolute atomic E-state index is 0.0629. The highest BCUT2D eigenvalue weighted by atomic mass is 127. The number of rotatable bonds is 9. The zero-order chi connectivity index (χ0) is 24.2. The van der Waals surface area contributed by atoms with E-state index in [-0.39, 0.29) is 29.1 Å². The first-order valence-electron chi connectivity index (χ1n) is 10.4. The molecular formula is C24H27IO7S. The Kier molecular flexibility index (Phi) is 8.57. The predicted octanol–water partition coefficient (Wildman–Crippen LogP) is 2.77. The summed E-state index contributed by atoms with van der Waals surface area (Å²) in [6, 6.07) is 13.1. The molecule has 0 bridgehead atoms. The van der Waals surface area contributed by atoms with Crippen LogP contribution in [0.4, 0.5) is 0 Å². The van der Waals surface area contributed by atoms with E-state index >= 15 is 0 Å². The number of phenols is 1. The highest BCUT2D eigenvalue weighted by Gasteiger charge is 2.40. The Morgan fingerprint density at radius 1 is 1.24 bits per heavy atom. The van der Waals surface area contributed by atoms with Crippen molar-refractivity contribution in [2.75, 3.05) is 26.1 Å². The summed E-state index contributed by atoms with van der Waals surface area (Å²) < 4.78 is 30.5. The molecule has 1 aliphatic rings. The second kappa shape index (κ2) is 11.0. The molecule has 4 N–H and O–H groups in total. The van der Waals surface area contributed by atoms with Crippen molar-refractivity contribution in [2.45, 2.75) is 24.2 Å². The molecule has 2 atom stereocenters. The first-order valence-corrected chi connectivity index (χ1v) is 13.2. The minimum atomic E-state index is -3.65. The fourth-order valence-electron chi connectivity index (χ4n) is 4.08. The highest BCUT2D eigenvalue weighted by Crippen LogP contribution is 2.36. The zero-order valence-corrected chi connectivity index (χ0v) is 21.1. The number of aliphatic hydroxyl groups is 3. The number of halogens is 1. The Balaban J connectivity index is 1.93. The molecule has 178 valence electrons. The lowest BCUT2D eigenvalue weighted by Crippen LogP contribution is -2.29. The van der Waals surface area contributed by atoms with Crippen molar-refractivity contribution in [3.8, 4) is 11.5 Å². The summed E-state index contributed by atoms with van der Waals surface area (Å²) in [5.41, 5.74) is 3.08. The molecule has 33 heavy (non-hydrogen) atoms. The van der Waals surface area contributed by atoms with Gasteiger partial charge in [-0.05, 0) is 75.4 Å². The van der Waals surface area contributed by atoms with E-state index in [0.717, 1.165) is 16.7 Å². The van der Waals surface area contributed by atoms with Crippen LogP contribution >= 0.6 is 22.6 Å². The van der Waals surface area contributed by atoms with Gasteiger partial charge in [-0.15, -0.1) is 0 Å². The van der Waals surface area contributed by atoms with Crippen LogP contribution in [0.15, 0.2) is 53.6 Å². The van der Waals surface area contributed by atoms with Gasteiger partial charge in [0.25, 0.3) is 0 Å². The van der Waals surface area contributed by atoms with Crippen molar-refractivity contribution in [2.24, 2.45) is 0 Å². The van der Waals surface area contributed by atoms with Crippen LogP contribution in [0, 0.1) is 3.57 Å². The Morgan fingerprint density at radius 2 is 1.94 bits per heavy atom. The monoisotopic (exact) mass is 586 g/mol. The molecule has 9 heteroatoms. The second-order valence-electron chi connectivity index (χ2n) is 7.84. The Bertz CT molecular complexity index is 1160. The van der Waals surface area contributed by atoms with Crippen LogP contribution in [0.25, 0.3) is 11.6 Å². The van der Waals surface area contributed by atoms with E-state index in [4.69, 9.17) is 4.74 Å². The molecule has 7 nitrogen and oxygen atoms in total. The largest absolute Gasteiger partial charge is 0.504 e. The number of sulfone groups is 1. The maximum atomic E-state index is 12.3. The second-order valence-corrected chi connectivity index (χ2v) is 11.2. The van der Waals surface area contributed by atoms with Gasteiger partial charge in [-0.2, -0.15) is 0 Å². The van der Waals surface area contributed by atoms with Crippen molar-refractivity contribution < 1.29 is 33.6 Å². The summed E-state index contributed by atoms with van der Waals surface area (Å²) in [4.78, 5) is 0. The van der Waals surface area contributed by atoms with Crippen LogP contribution < -0.4 is 4.74 Å². The van der Waals surface area contributed by atoms with E-state index in [1.54, 1.807) is 6.07 Å². The van der Waals surface area contributed by atoms with E-state index in [1.165, 1.54) is 7.11 Å². The van der Waals surface area contributed by atoms with E-state index in [1.807, 2.05) is 65.1 Å². The Labute approximate surface area is 207 Å². The Morgan fingerprint density at radius 3 is 2.55 bits per heavy atom. The van der Waals surface area contributed by atoms with Gasteiger partial charge < -0.3 is 25.2 Å². The third-order valence-corrected chi connectivity index (χ3v) is 8.57. The summed E-state index contributed by atoms with van der Waals surface area (Å²) in [5, 5.41) is 39.1. The summed E-state index contributed by atoms with van der Waals surface area (Å²) in [6.07, 6.45) is 1.43. The zero-order valence-electron chi connectivity index (χ0n) is 18.1. The van der Waals surface area contributed by atoms with Crippen LogP contribution in [-0.2, 0) is 9.84 Å². The van der Waals surface area contributed by atoms with E-state index in [0.29, 0.717) is 15.7 Å². The smallest absolute Gasteiger partial charge is 0.171 e. The van der Waals surface area contributed by atoms with Crippen LogP contribution in [0.2, 0.25) is 0 Å². The summed E-state index contributed by atoms with van der Waals surface area (Å²) in [7, 11) is -2.17. The topological polar surface area (TPSA) is 124 Å². The summed E-state index contributed by atoms with van der Waals surface area (Å²) >= 11 is 2.02. The molecule has 0 saturated carbocycles. The number of hydrogen-bond donors (Lipinski definition) is 4. The van der Waals surface area contributed by atoms with E-state index < -0.39 is 34.4 Å². The Hall–Kier alpha value is -1.92. The lowest BCUT2D eigenvalue weighted by Gasteiger charge is -2.19. The third-order valence-electron chi connectivity index (χ3n) is 5.72. The minimum Gasteiger partial charge on any atom is -0.504 e. The molecule has 2 aromatic carbocycles. The van der Waals surface area contributed by atoms with E-state index in [2.05, 4.69) is 0 Å². The fraction of sp³-hybridized carbons (Fsp3) is 0.333. The van der Waals surface area contributed by atoms with Gasteiger partial charge in [0, 0.05) is 0 Å². The number of aliphatic hydroxyl groups excluding tert-OH is 3. The molecule has 0 fully saturated rings. The number of benzene rings is 2. The molecule has 0 spiro atoms. The lowest BCUT2D eigenvalue weighted by molar-refractivity contribution is 0.188. The van der Waals surface area contributed by atoms with Gasteiger partial charge in [0.15, 0.2) is 21.3 Å². The van der Waals surface area contributed by atoms with Crippen LogP contribution in [-0.4, -0.2) is 66.3 Å². The predicted molar refractivity (Wildman–Crippen MR) is 136 cm³/mol. The van der Waals surface area contributed by atoms with Gasteiger partial charge in [0.05, 0.1) is 35.8 Å². The fourth-order valence-corrected chi connectivity index (χ4v) is 6.59. The number of ether oxygens (including phenoxy) is 1. The van der Waals surface area contributed by atoms with Gasteiger partial charge in [0.1, 0.15) is 5.25 Å². The standard InChI is InChI=1S/C24H27IO7S/c1-32-21-11-15(10-19(25)24(21)29)9-17(16-5-3-2-4-6-16)7-8-20(28)23-18(12-26)14-33(30,31)22(23)13-27/h2-6,9-11,20,22,26-29H,7-8,12-14H2,1H3/b17-9-/t20-,22+/m1/s1. The average molecular weight is 586 g/mol. The van der Waals surface area contributed by atoms with Gasteiger partial charge >= 0.3 is 0 Å². The van der Waals surface area contributed by atoms with Crippen molar-refractivity contribution in [1.82, 2.24) is 0 Å². The van der Waals surface area contributed by atoms with Crippen LogP contribution in [0.5, 0.6) is 11.5 Å². The molecule has 2 aromatic rings. The third kappa shape index (κ3) is 5.78. The highest BCUT2D eigenvalue weighted by molar-refractivity contribution is 14.1. The molecule has 1 aliphatic heterocycles. The number of allylic oxidation sites excluding steroid dienone is 1. The van der Waals surface area contributed by atoms with Crippen molar-refractivity contribution >= 4 is 44.1 Å². The number of aromatic hydroxyl groups is 1. The van der Waals surface area contributed by atoms with Crippen molar-refractivity contribution in [3.05, 3.63) is 68.3 Å². The van der Waals surface area contributed by atoms with Gasteiger partial charge in [-0.25, -0.2) is 8.42 Å². The molecule has 0 amide bonds. The normalized spacial score (nSPS) is 19.1. The molecule has 0 saturated heterocycles. The quantitative estimate of drug-likeness (QED) is 0.203. The molecule has 0 radical (unpaired) electrons. The van der Waals surface area contributed by atoms with Crippen molar-refractivity contribution in [1.29, 1.82) is 0 Å². The first-order chi connectivity index (χ1) is 15.7. The van der Waals surface area contributed by atoms with E-state index in [9.17, 15) is 28.8 Å².